The van der Waals surface area contributed by atoms with Gasteiger partial charge in [0.15, 0.2) is 0 Å². The Balaban J connectivity index is 1.65. The molecule has 0 spiro atoms. The lowest BCUT2D eigenvalue weighted by Crippen LogP contribution is -2.55. The van der Waals surface area contributed by atoms with Crippen LogP contribution in [0, 0.1) is 5.92 Å². The number of piperidine rings is 3. The summed E-state index contributed by atoms with van der Waals surface area (Å²) in [5, 5.41) is 12.6. The van der Waals surface area contributed by atoms with Gasteiger partial charge in [-0.3, -0.25) is 0 Å². The van der Waals surface area contributed by atoms with Crippen LogP contribution >= 0.6 is 0 Å². The van der Waals surface area contributed by atoms with Crippen molar-refractivity contribution < 1.29 is 9.90 Å². The Morgan fingerprint density at radius 3 is 2.89 bits per heavy atom. The molecule has 1 aromatic heterocycles. The molecule has 0 amide bonds. The Kier molecular flexibility index (Phi) is 3.44. The Morgan fingerprint density at radius 1 is 1.47 bits per heavy atom. The number of carboxylic acids is 1. The van der Waals surface area contributed by atoms with E-state index in [2.05, 4.69) is 20.2 Å². The van der Waals surface area contributed by atoms with Crippen molar-refractivity contribution >= 4 is 5.97 Å². The zero-order valence-electron chi connectivity index (χ0n) is 10.7. The summed E-state index contributed by atoms with van der Waals surface area (Å²) < 4.78 is 0. The lowest BCUT2D eigenvalue weighted by molar-refractivity contribution is 0.0684. The van der Waals surface area contributed by atoms with E-state index >= 15 is 0 Å². The zero-order chi connectivity index (χ0) is 13.2. The molecule has 2 bridgehead atoms. The summed E-state index contributed by atoms with van der Waals surface area (Å²) in [5.41, 5.74) is 0.759. The molecule has 3 aliphatic rings. The fourth-order valence-electron chi connectivity index (χ4n) is 3.10. The van der Waals surface area contributed by atoms with E-state index < -0.39 is 5.97 Å². The van der Waals surface area contributed by atoms with Crippen LogP contribution in [0.25, 0.3) is 0 Å². The monoisotopic (exact) mass is 262 g/mol. The zero-order valence-corrected chi connectivity index (χ0v) is 10.7. The normalized spacial score (nSPS) is 29.4. The quantitative estimate of drug-likeness (QED) is 0.815. The summed E-state index contributed by atoms with van der Waals surface area (Å²) in [4.78, 5) is 21.4. The second-order valence-electron chi connectivity index (χ2n) is 5.31. The number of nitrogens with zero attached hydrogens (tertiary/aromatic N) is 3. The molecule has 0 saturated carbocycles. The number of aromatic nitrogens is 2. The molecule has 6 heteroatoms. The summed E-state index contributed by atoms with van der Waals surface area (Å²) in [6, 6.07) is 0.458. The lowest BCUT2D eigenvalue weighted by Gasteiger charge is -2.45. The SMILES string of the molecule is O=C(O)c1cncnc1CNC1CN2CCC1CC2. The predicted octanol–water partition coefficient (Wildman–Crippen LogP) is 0.359. The first-order valence-corrected chi connectivity index (χ1v) is 6.72. The Morgan fingerprint density at radius 2 is 2.26 bits per heavy atom. The van der Waals surface area contributed by atoms with Crippen molar-refractivity contribution in [3.05, 3.63) is 23.8 Å². The van der Waals surface area contributed by atoms with E-state index in [9.17, 15) is 4.79 Å². The number of rotatable bonds is 4. The van der Waals surface area contributed by atoms with Gasteiger partial charge >= 0.3 is 5.97 Å². The van der Waals surface area contributed by atoms with Gasteiger partial charge < -0.3 is 15.3 Å². The molecule has 0 aromatic carbocycles. The summed E-state index contributed by atoms with van der Waals surface area (Å²) in [5.74, 6) is -0.244. The van der Waals surface area contributed by atoms with E-state index in [4.69, 9.17) is 5.11 Å². The standard InChI is InChI=1S/C13H18N4O2/c18-13(19)10-5-14-8-16-11(10)6-15-12-7-17-3-1-9(12)2-4-17/h5,8-9,12,15H,1-4,6-7H2,(H,18,19). The summed E-state index contributed by atoms with van der Waals surface area (Å²) in [6.07, 6.45) is 5.25. The van der Waals surface area contributed by atoms with Gasteiger partial charge in [0.2, 0.25) is 0 Å². The van der Waals surface area contributed by atoms with Crippen molar-refractivity contribution in [1.82, 2.24) is 20.2 Å². The number of fused-ring (bicyclic) bond motifs is 3. The molecule has 4 rings (SSSR count). The van der Waals surface area contributed by atoms with Gasteiger partial charge in [-0.05, 0) is 31.8 Å². The second kappa shape index (κ2) is 5.22. The van der Waals surface area contributed by atoms with Gasteiger partial charge in [0, 0.05) is 25.3 Å². The number of hydrogen-bond acceptors (Lipinski definition) is 5. The van der Waals surface area contributed by atoms with E-state index in [-0.39, 0.29) is 5.56 Å². The summed E-state index contributed by atoms with van der Waals surface area (Å²) >= 11 is 0. The Hall–Kier alpha value is -1.53. The molecule has 4 heterocycles. The number of hydrogen-bond donors (Lipinski definition) is 2. The molecule has 1 unspecified atom stereocenters. The maximum Gasteiger partial charge on any atom is 0.339 e. The van der Waals surface area contributed by atoms with Gasteiger partial charge in [-0.1, -0.05) is 0 Å². The molecular weight excluding hydrogens is 244 g/mol. The average molecular weight is 262 g/mol. The minimum atomic E-state index is -0.966. The minimum absolute atomic E-state index is 0.191. The molecule has 1 atom stereocenters. The molecule has 3 aliphatic heterocycles. The molecule has 3 fully saturated rings. The van der Waals surface area contributed by atoms with Crippen molar-refractivity contribution in [2.75, 3.05) is 19.6 Å². The summed E-state index contributed by atoms with van der Waals surface area (Å²) in [7, 11) is 0. The van der Waals surface area contributed by atoms with Gasteiger partial charge in [0.1, 0.15) is 11.9 Å². The van der Waals surface area contributed by atoms with Crippen molar-refractivity contribution in [2.45, 2.75) is 25.4 Å². The van der Waals surface area contributed by atoms with Crippen LogP contribution in [-0.2, 0) is 6.54 Å². The van der Waals surface area contributed by atoms with Crippen LogP contribution in [0.5, 0.6) is 0 Å². The van der Waals surface area contributed by atoms with Gasteiger partial charge in [-0.2, -0.15) is 0 Å². The van der Waals surface area contributed by atoms with Gasteiger partial charge in [-0.25, -0.2) is 14.8 Å². The van der Waals surface area contributed by atoms with Crippen LogP contribution in [0.4, 0.5) is 0 Å². The van der Waals surface area contributed by atoms with E-state index in [0.717, 1.165) is 12.5 Å². The Bertz CT molecular complexity index is 471. The third kappa shape index (κ3) is 2.59. The van der Waals surface area contributed by atoms with Crippen molar-refractivity contribution in [1.29, 1.82) is 0 Å². The molecule has 2 N–H and O–H groups in total. The van der Waals surface area contributed by atoms with Crippen LogP contribution in [0.15, 0.2) is 12.5 Å². The topological polar surface area (TPSA) is 78.3 Å². The lowest BCUT2D eigenvalue weighted by atomic mass is 9.84. The van der Waals surface area contributed by atoms with Gasteiger partial charge in [0.05, 0.1) is 5.69 Å². The van der Waals surface area contributed by atoms with E-state index in [1.165, 1.54) is 38.5 Å². The number of carboxylic acid groups (broad SMARTS) is 1. The molecule has 102 valence electrons. The van der Waals surface area contributed by atoms with E-state index in [1.54, 1.807) is 0 Å². The average Bonchev–Trinajstić information content (AvgIpc) is 2.46. The maximum absolute atomic E-state index is 11.1. The highest BCUT2D eigenvalue weighted by molar-refractivity contribution is 5.88. The molecule has 1 aromatic rings. The van der Waals surface area contributed by atoms with Crippen LogP contribution in [0.3, 0.4) is 0 Å². The largest absolute Gasteiger partial charge is 0.478 e. The summed E-state index contributed by atoms with van der Waals surface area (Å²) in [6.45, 7) is 3.98. The van der Waals surface area contributed by atoms with Gasteiger partial charge in [-0.15, -0.1) is 0 Å². The Labute approximate surface area is 111 Å². The maximum atomic E-state index is 11.1. The first-order chi connectivity index (χ1) is 9.24. The highest BCUT2D eigenvalue weighted by Crippen LogP contribution is 2.27. The van der Waals surface area contributed by atoms with E-state index in [1.807, 2.05) is 0 Å². The fourth-order valence-corrected chi connectivity index (χ4v) is 3.10. The van der Waals surface area contributed by atoms with Crippen molar-refractivity contribution in [3.63, 3.8) is 0 Å². The van der Waals surface area contributed by atoms with Crippen LogP contribution in [0.1, 0.15) is 28.9 Å². The molecule has 0 radical (unpaired) electrons. The first-order valence-electron chi connectivity index (χ1n) is 6.72. The van der Waals surface area contributed by atoms with Crippen LogP contribution in [-0.4, -0.2) is 51.6 Å². The first kappa shape index (κ1) is 12.5. The molecule has 0 aliphatic carbocycles. The fraction of sp³-hybridized carbons (Fsp3) is 0.615. The number of carbonyl (C=O) groups is 1. The smallest absolute Gasteiger partial charge is 0.339 e. The van der Waals surface area contributed by atoms with Crippen LogP contribution in [0.2, 0.25) is 0 Å². The third-order valence-electron chi connectivity index (χ3n) is 4.21. The van der Waals surface area contributed by atoms with Crippen molar-refractivity contribution in [3.8, 4) is 0 Å². The third-order valence-corrected chi connectivity index (χ3v) is 4.21. The molecule has 19 heavy (non-hydrogen) atoms. The van der Waals surface area contributed by atoms with E-state index in [0.29, 0.717) is 18.3 Å². The highest BCUT2D eigenvalue weighted by atomic mass is 16.4. The molecule has 6 nitrogen and oxygen atoms in total. The molecular formula is C13H18N4O2. The van der Waals surface area contributed by atoms with Gasteiger partial charge in [0.25, 0.3) is 0 Å². The van der Waals surface area contributed by atoms with Crippen LogP contribution < -0.4 is 5.32 Å². The number of nitrogens with one attached hydrogen (secondary N) is 1. The number of aromatic carboxylic acids is 1. The second-order valence-corrected chi connectivity index (χ2v) is 5.31. The minimum Gasteiger partial charge on any atom is -0.478 e. The van der Waals surface area contributed by atoms with Crippen molar-refractivity contribution in [2.24, 2.45) is 5.92 Å². The predicted molar refractivity (Wildman–Crippen MR) is 68.8 cm³/mol. The molecule has 3 saturated heterocycles. The highest BCUT2D eigenvalue weighted by Gasteiger charge is 2.33.